The van der Waals surface area contributed by atoms with Crippen molar-refractivity contribution in [2.45, 2.75) is 18.9 Å². The van der Waals surface area contributed by atoms with Crippen LogP contribution < -0.4 is 5.32 Å². The molecule has 1 fully saturated rings. The lowest BCUT2D eigenvalue weighted by Gasteiger charge is -2.21. The van der Waals surface area contributed by atoms with Crippen molar-refractivity contribution in [2.75, 3.05) is 26.8 Å². The van der Waals surface area contributed by atoms with E-state index >= 15 is 0 Å². The molecule has 1 aliphatic heterocycles. The van der Waals surface area contributed by atoms with Crippen molar-refractivity contribution in [3.8, 4) is 0 Å². The molecule has 6 nitrogen and oxygen atoms in total. The number of aliphatic hydroxyl groups is 1. The first kappa shape index (κ1) is 11.9. The molecule has 86 valence electrons. The second kappa shape index (κ2) is 5.67. The Labute approximate surface area is 88.2 Å². The fourth-order valence-electron chi connectivity index (χ4n) is 1.70. The van der Waals surface area contributed by atoms with Crippen LogP contribution in [0.1, 0.15) is 12.8 Å². The molecule has 0 radical (unpaired) electrons. The molecule has 0 aliphatic carbocycles. The Kier molecular flexibility index (Phi) is 4.51. The molecule has 0 spiro atoms. The van der Waals surface area contributed by atoms with E-state index in [-0.39, 0.29) is 19.2 Å². The summed E-state index contributed by atoms with van der Waals surface area (Å²) in [6.07, 6.45) is 1.11. The van der Waals surface area contributed by atoms with E-state index in [1.54, 1.807) is 0 Å². The summed E-state index contributed by atoms with van der Waals surface area (Å²) in [5, 5.41) is 11.1. The summed E-state index contributed by atoms with van der Waals surface area (Å²) in [6.45, 7) is 0.950. The third kappa shape index (κ3) is 3.49. The van der Waals surface area contributed by atoms with Gasteiger partial charge in [-0.3, -0.25) is 15.0 Å². The highest BCUT2D eigenvalue weighted by Gasteiger charge is 2.25. The lowest BCUT2D eigenvalue weighted by atomic mass is 10.2. The lowest BCUT2D eigenvalue weighted by molar-refractivity contribution is -0.121. The number of methoxy groups -OCH3 is 1. The van der Waals surface area contributed by atoms with Crippen LogP contribution in [0.4, 0.5) is 4.79 Å². The summed E-state index contributed by atoms with van der Waals surface area (Å²) in [6, 6.07) is 0.0356. The maximum atomic E-state index is 11.3. The van der Waals surface area contributed by atoms with E-state index in [2.05, 4.69) is 10.1 Å². The first-order valence-corrected chi connectivity index (χ1v) is 4.90. The molecule has 1 heterocycles. The third-order valence-electron chi connectivity index (χ3n) is 2.48. The van der Waals surface area contributed by atoms with Crippen molar-refractivity contribution in [1.29, 1.82) is 0 Å². The Morgan fingerprint density at radius 3 is 2.93 bits per heavy atom. The molecule has 0 bridgehead atoms. The van der Waals surface area contributed by atoms with Crippen molar-refractivity contribution in [3.63, 3.8) is 0 Å². The predicted molar refractivity (Wildman–Crippen MR) is 52.2 cm³/mol. The first-order chi connectivity index (χ1) is 7.17. The van der Waals surface area contributed by atoms with Crippen LogP contribution in [0.2, 0.25) is 0 Å². The summed E-state index contributed by atoms with van der Waals surface area (Å²) >= 11 is 0. The molecule has 1 saturated heterocycles. The monoisotopic (exact) mass is 216 g/mol. The highest BCUT2D eigenvalue weighted by molar-refractivity contribution is 5.92. The van der Waals surface area contributed by atoms with Gasteiger partial charge < -0.3 is 9.84 Å². The molecule has 0 aromatic heterocycles. The number of hydrogen-bond donors (Lipinski definition) is 2. The highest BCUT2D eigenvalue weighted by atomic mass is 16.5. The SMILES string of the molecule is COC(=O)NC(=O)CN1CCC[C@@H]1CO. The molecular weight excluding hydrogens is 200 g/mol. The highest BCUT2D eigenvalue weighted by Crippen LogP contribution is 2.15. The van der Waals surface area contributed by atoms with E-state index in [1.165, 1.54) is 7.11 Å². The molecule has 0 saturated carbocycles. The number of nitrogens with zero attached hydrogens (tertiary/aromatic N) is 1. The molecule has 1 atom stereocenters. The summed E-state index contributed by atoms with van der Waals surface area (Å²) in [5.41, 5.74) is 0. The van der Waals surface area contributed by atoms with E-state index < -0.39 is 12.0 Å². The third-order valence-corrected chi connectivity index (χ3v) is 2.48. The van der Waals surface area contributed by atoms with Gasteiger partial charge in [0.25, 0.3) is 0 Å². The molecule has 1 aliphatic rings. The van der Waals surface area contributed by atoms with Crippen LogP contribution in [-0.4, -0.2) is 54.9 Å². The van der Waals surface area contributed by atoms with Gasteiger partial charge in [0.1, 0.15) is 0 Å². The van der Waals surface area contributed by atoms with E-state index in [9.17, 15) is 9.59 Å². The summed E-state index contributed by atoms with van der Waals surface area (Å²) in [7, 11) is 1.20. The van der Waals surface area contributed by atoms with E-state index in [0.29, 0.717) is 0 Å². The van der Waals surface area contributed by atoms with Crippen LogP contribution in [0.3, 0.4) is 0 Å². The number of aliphatic hydroxyl groups excluding tert-OH is 1. The number of carbonyl (C=O) groups excluding carboxylic acids is 2. The Hall–Kier alpha value is -1.14. The second-order valence-electron chi connectivity index (χ2n) is 3.49. The molecule has 1 rings (SSSR count). The molecule has 0 aromatic rings. The number of amides is 2. The first-order valence-electron chi connectivity index (χ1n) is 4.90. The van der Waals surface area contributed by atoms with Crippen LogP contribution in [-0.2, 0) is 9.53 Å². The molecule has 6 heteroatoms. The van der Waals surface area contributed by atoms with Crippen LogP contribution >= 0.6 is 0 Å². The Balaban J connectivity index is 2.34. The van der Waals surface area contributed by atoms with Crippen LogP contribution in [0, 0.1) is 0 Å². The number of alkyl carbamates (subject to hydrolysis) is 1. The van der Waals surface area contributed by atoms with Crippen LogP contribution in [0.5, 0.6) is 0 Å². The van der Waals surface area contributed by atoms with Crippen molar-refractivity contribution < 1.29 is 19.4 Å². The average molecular weight is 216 g/mol. The number of rotatable bonds is 3. The van der Waals surface area contributed by atoms with Gasteiger partial charge in [0.05, 0.1) is 20.3 Å². The standard InChI is InChI=1S/C9H16N2O4/c1-15-9(14)10-8(13)5-11-4-2-3-7(11)6-12/h7,12H,2-6H2,1H3,(H,10,13,14)/t7-/m1/s1. The number of ether oxygens (including phenoxy) is 1. The van der Waals surface area contributed by atoms with Gasteiger partial charge >= 0.3 is 6.09 Å². The van der Waals surface area contributed by atoms with Crippen molar-refractivity contribution in [2.24, 2.45) is 0 Å². The quantitative estimate of drug-likeness (QED) is 0.654. The summed E-state index contributed by atoms with van der Waals surface area (Å²) in [5.74, 6) is -0.401. The van der Waals surface area contributed by atoms with Gasteiger partial charge in [-0.1, -0.05) is 0 Å². The maximum Gasteiger partial charge on any atom is 0.413 e. The fraction of sp³-hybridized carbons (Fsp3) is 0.778. The predicted octanol–water partition coefficient (Wildman–Crippen LogP) is -0.674. The molecule has 2 amide bonds. The van der Waals surface area contributed by atoms with Crippen molar-refractivity contribution in [1.82, 2.24) is 10.2 Å². The van der Waals surface area contributed by atoms with E-state index in [1.807, 2.05) is 4.90 Å². The normalized spacial score (nSPS) is 21.3. The van der Waals surface area contributed by atoms with Crippen molar-refractivity contribution in [3.05, 3.63) is 0 Å². The molecule has 0 unspecified atom stereocenters. The number of carbonyl (C=O) groups is 2. The average Bonchev–Trinajstić information content (AvgIpc) is 2.64. The van der Waals surface area contributed by atoms with Gasteiger partial charge in [-0.2, -0.15) is 0 Å². The van der Waals surface area contributed by atoms with Gasteiger partial charge in [-0.25, -0.2) is 4.79 Å². The number of nitrogens with one attached hydrogen (secondary N) is 1. The zero-order valence-corrected chi connectivity index (χ0v) is 8.73. The van der Waals surface area contributed by atoms with Gasteiger partial charge in [-0.15, -0.1) is 0 Å². The number of likely N-dealkylation sites (tertiary alicyclic amines) is 1. The summed E-state index contributed by atoms with van der Waals surface area (Å²) in [4.78, 5) is 23.9. The minimum absolute atomic E-state index is 0.0356. The largest absolute Gasteiger partial charge is 0.453 e. The van der Waals surface area contributed by atoms with Gasteiger partial charge in [0.2, 0.25) is 5.91 Å². The minimum atomic E-state index is -0.750. The Morgan fingerprint density at radius 2 is 2.33 bits per heavy atom. The number of hydrogen-bond acceptors (Lipinski definition) is 5. The van der Waals surface area contributed by atoms with Crippen LogP contribution in [0.25, 0.3) is 0 Å². The van der Waals surface area contributed by atoms with E-state index in [4.69, 9.17) is 5.11 Å². The smallest absolute Gasteiger partial charge is 0.413 e. The van der Waals surface area contributed by atoms with Gasteiger partial charge in [0, 0.05) is 6.04 Å². The maximum absolute atomic E-state index is 11.3. The summed E-state index contributed by atoms with van der Waals surface area (Å²) < 4.78 is 4.30. The van der Waals surface area contributed by atoms with E-state index in [0.717, 1.165) is 19.4 Å². The topological polar surface area (TPSA) is 78.9 Å². The van der Waals surface area contributed by atoms with Gasteiger partial charge in [-0.05, 0) is 19.4 Å². The second-order valence-corrected chi connectivity index (χ2v) is 3.49. The molecular formula is C9H16N2O4. The zero-order chi connectivity index (χ0) is 11.3. The Morgan fingerprint density at radius 1 is 1.60 bits per heavy atom. The molecule has 2 N–H and O–H groups in total. The lowest BCUT2D eigenvalue weighted by Crippen LogP contribution is -2.42. The number of imide groups is 1. The Bertz CT molecular complexity index is 244. The zero-order valence-electron chi connectivity index (χ0n) is 8.73. The van der Waals surface area contributed by atoms with Crippen LogP contribution in [0.15, 0.2) is 0 Å². The molecule has 0 aromatic carbocycles. The van der Waals surface area contributed by atoms with Gasteiger partial charge in [0.15, 0.2) is 0 Å². The fourth-order valence-corrected chi connectivity index (χ4v) is 1.70. The van der Waals surface area contributed by atoms with Crippen molar-refractivity contribution >= 4 is 12.0 Å². The minimum Gasteiger partial charge on any atom is -0.453 e. The molecule has 15 heavy (non-hydrogen) atoms.